The molecule has 1 amide bonds. The Hall–Kier alpha value is -2.37. The predicted octanol–water partition coefficient (Wildman–Crippen LogP) is 1.44. The summed E-state index contributed by atoms with van der Waals surface area (Å²) in [7, 11) is 0. The Morgan fingerprint density at radius 3 is 3.00 bits per heavy atom. The number of amides is 1. The van der Waals surface area contributed by atoms with Gasteiger partial charge in [-0.2, -0.15) is 0 Å². The number of nitrogens with zero attached hydrogens (tertiary/aromatic N) is 2. The standard InChI is InChI=1S/C13H14N2O4/c1-9-14-12(8-11-4-3-6-19-11)13(17)15(9)5-7-18-10(2)16/h3-4,6,8H,5,7H2,1-2H3/b12-8+. The first-order chi connectivity index (χ1) is 9.08. The molecule has 0 aromatic carbocycles. The number of esters is 1. The Balaban J connectivity index is 2.04. The first-order valence-corrected chi connectivity index (χ1v) is 5.83. The fourth-order valence-electron chi connectivity index (χ4n) is 1.71. The van der Waals surface area contributed by atoms with Crippen LogP contribution in [0.3, 0.4) is 0 Å². The van der Waals surface area contributed by atoms with E-state index >= 15 is 0 Å². The van der Waals surface area contributed by atoms with Crippen molar-refractivity contribution in [3.05, 3.63) is 29.9 Å². The number of furan rings is 1. The van der Waals surface area contributed by atoms with Crippen molar-refractivity contribution in [3.8, 4) is 0 Å². The summed E-state index contributed by atoms with van der Waals surface area (Å²) in [6.07, 6.45) is 3.11. The second kappa shape index (κ2) is 5.51. The van der Waals surface area contributed by atoms with Gasteiger partial charge in [-0.05, 0) is 19.1 Å². The van der Waals surface area contributed by atoms with Crippen LogP contribution in [0.25, 0.3) is 6.08 Å². The Morgan fingerprint density at radius 2 is 2.37 bits per heavy atom. The van der Waals surface area contributed by atoms with E-state index in [2.05, 4.69) is 4.99 Å². The van der Waals surface area contributed by atoms with E-state index in [1.807, 2.05) is 0 Å². The first-order valence-electron chi connectivity index (χ1n) is 5.83. The summed E-state index contributed by atoms with van der Waals surface area (Å²) < 4.78 is 9.96. The van der Waals surface area contributed by atoms with E-state index < -0.39 is 0 Å². The molecule has 6 heteroatoms. The fraction of sp³-hybridized carbons (Fsp3) is 0.308. The minimum atomic E-state index is -0.368. The topological polar surface area (TPSA) is 72.1 Å². The molecule has 0 bridgehead atoms. The number of aliphatic imine (C=N–C) groups is 1. The summed E-state index contributed by atoms with van der Waals surface area (Å²) in [5.74, 6) is 0.560. The molecular weight excluding hydrogens is 248 g/mol. The van der Waals surface area contributed by atoms with E-state index in [4.69, 9.17) is 9.15 Å². The Labute approximate surface area is 110 Å². The average Bonchev–Trinajstić information content (AvgIpc) is 2.93. The molecule has 0 saturated heterocycles. The molecule has 0 unspecified atom stereocenters. The minimum absolute atomic E-state index is 0.155. The van der Waals surface area contributed by atoms with Crippen LogP contribution in [0.1, 0.15) is 19.6 Å². The molecule has 0 fully saturated rings. The molecule has 6 nitrogen and oxygen atoms in total. The number of hydrogen-bond acceptors (Lipinski definition) is 5. The Kier molecular flexibility index (Phi) is 3.79. The maximum absolute atomic E-state index is 12.1. The number of amidine groups is 1. The van der Waals surface area contributed by atoms with Crippen LogP contribution in [0.4, 0.5) is 0 Å². The van der Waals surface area contributed by atoms with E-state index in [9.17, 15) is 9.59 Å². The summed E-state index contributed by atoms with van der Waals surface area (Å²) in [5, 5.41) is 0. The highest BCUT2D eigenvalue weighted by atomic mass is 16.5. The molecule has 100 valence electrons. The zero-order valence-corrected chi connectivity index (χ0v) is 10.8. The molecule has 0 spiro atoms. The van der Waals surface area contributed by atoms with E-state index in [0.29, 0.717) is 23.8 Å². The highest BCUT2D eigenvalue weighted by Crippen LogP contribution is 2.18. The van der Waals surface area contributed by atoms with Gasteiger partial charge in [0.25, 0.3) is 5.91 Å². The lowest BCUT2D eigenvalue weighted by Crippen LogP contribution is -2.33. The molecule has 2 rings (SSSR count). The van der Waals surface area contributed by atoms with E-state index in [0.717, 1.165) is 0 Å². The number of carbonyl (C=O) groups excluding carboxylic acids is 2. The molecule has 2 heterocycles. The van der Waals surface area contributed by atoms with Gasteiger partial charge in [-0.3, -0.25) is 14.5 Å². The molecule has 1 aliphatic heterocycles. The number of carbonyl (C=O) groups is 2. The average molecular weight is 262 g/mol. The third kappa shape index (κ3) is 3.09. The van der Waals surface area contributed by atoms with Gasteiger partial charge in [-0.1, -0.05) is 0 Å². The second-order valence-corrected chi connectivity index (χ2v) is 4.00. The lowest BCUT2D eigenvalue weighted by atomic mass is 10.3. The van der Waals surface area contributed by atoms with Crippen molar-refractivity contribution in [2.45, 2.75) is 13.8 Å². The molecule has 0 aliphatic carbocycles. The third-order valence-electron chi connectivity index (χ3n) is 2.58. The van der Waals surface area contributed by atoms with Crippen LogP contribution >= 0.6 is 0 Å². The van der Waals surface area contributed by atoms with Crippen molar-refractivity contribution in [2.75, 3.05) is 13.2 Å². The van der Waals surface area contributed by atoms with Gasteiger partial charge in [0, 0.05) is 13.0 Å². The Morgan fingerprint density at radius 1 is 1.58 bits per heavy atom. The lowest BCUT2D eigenvalue weighted by Gasteiger charge is -2.15. The summed E-state index contributed by atoms with van der Waals surface area (Å²) in [6.45, 7) is 3.51. The van der Waals surface area contributed by atoms with Crippen LogP contribution in [0.15, 0.2) is 33.5 Å². The molecule has 0 radical (unpaired) electrons. The fourth-order valence-corrected chi connectivity index (χ4v) is 1.71. The summed E-state index contributed by atoms with van der Waals surface area (Å²) in [4.78, 5) is 28.4. The molecular formula is C13H14N2O4. The zero-order chi connectivity index (χ0) is 13.8. The van der Waals surface area contributed by atoms with Gasteiger partial charge in [0.2, 0.25) is 0 Å². The van der Waals surface area contributed by atoms with Gasteiger partial charge in [-0.15, -0.1) is 0 Å². The molecule has 1 aliphatic rings. The van der Waals surface area contributed by atoms with Gasteiger partial charge in [-0.25, -0.2) is 4.99 Å². The Bertz CT molecular complexity index is 543. The van der Waals surface area contributed by atoms with Crippen LogP contribution in [0.2, 0.25) is 0 Å². The van der Waals surface area contributed by atoms with Gasteiger partial charge < -0.3 is 9.15 Å². The summed E-state index contributed by atoms with van der Waals surface area (Å²) in [5.41, 5.74) is 0.315. The number of ether oxygens (including phenoxy) is 1. The largest absolute Gasteiger partial charge is 0.465 e. The van der Waals surface area contributed by atoms with E-state index in [1.165, 1.54) is 18.1 Å². The van der Waals surface area contributed by atoms with Crippen molar-refractivity contribution >= 4 is 23.8 Å². The van der Waals surface area contributed by atoms with Gasteiger partial charge in [0.1, 0.15) is 23.9 Å². The van der Waals surface area contributed by atoms with Crippen LogP contribution < -0.4 is 0 Å². The number of hydrogen-bond donors (Lipinski definition) is 0. The van der Waals surface area contributed by atoms with Crippen molar-refractivity contribution < 1.29 is 18.7 Å². The smallest absolute Gasteiger partial charge is 0.302 e. The molecule has 1 aromatic rings. The maximum Gasteiger partial charge on any atom is 0.302 e. The van der Waals surface area contributed by atoms with Crippen molar-refractivity contribution in [1.29, 1.82) is 0 Å². The third-order valence-corrected chi connectivity index (χ3v) is 2.58. The highest BCUT2D eigenvalue weighted by molar-refractivity contribution is 6.13. The molecule has 0 atom stereocenters. The van der Waals surface area contributed by atoms with Crippen molar-refractivity contribution in [3.63, 3.8) is 0 Å². The minimum Gasteiger partial charge on any atom is -0.465 e. The highest BCUT2D eigenvalue weighted by Gasteiger charge is 2.27. The maximum atomic E-state index is 12.1. The predicted molar refractivity (Wildman–Crippen MR) is 68.1 cm³/mol. The van der Waals surface area contributed by atoms with Crippen LogP contribution in [0.5, 0.6) is 0 Å². The lowest BCUT2D eigenvalue weighted by molar-refractivity contribution is -0.142. The SMILES string of the molecule is CC(=O)OCCN1C(=O)/C(=C\c2ccco2)N=C1C. The van der Waals surface area contributed by atoms with Gasteiger partial charge >= 0.3 is 5.97 Å². The second-order valence-electron chi connectivity index (χ2n) is 4.00. The van der Waals surface area contributed by atoms with E-state index in [-0.39, 0.29) is 18.5 Å². The number of rotatable bonds is 4. The molecule has 1 aromatic heterocycles. The molecule has 0 N–H and O–H groups in total. The van der Waals surface area contributed by atoms with Crippen LogP contribution in [-0.4, -0.2) is 35.8 Å². The molecule has 19 heavy (non-hydrogen) atoms. The zero-order valence-electron chi connectivity index (χ0n) is 10.8. The van der Waals surface area contributed by atoms with Crippen molar-refractivity contribution in [2.24, 2.45) is 4.99 Å². The van der Waals surface area contributed by atoms with Crippen LogP contribution in [0, 0.1) is 0 Å². The first kappa shape index (κ1) is 13.1. The van der Waals surface area contributed by atoms with E-state index in [1.54, 1.807) is 25.1 Å². The quantitative estimate of drug-likeness (QED) is 0.608. The van der Waals surface area contributed by atoms with Gasteiger partial charge in [0.15, 0.2) is 0 Å². The van der Waals surface area contributed by atoms with Gasteiger partial charge in [0.05, 0.1) is 12.8 Å². The summed E-state index contributed by atoms with van der Waals surface area (Å²) >= 11 is 0. The van der Waals surface area contributed by atoms with Crippen LogP contribution in [-0.2, 0) is 14.3 Å². The van der Waals surface area contributed by atoms with Crippen molar-refractivity contribution in [1.82, 2.24) is 4.90 Å². The monoisotopic (exact) mass is 262 g/mol. The molecule has 0 saturated carbocycles. The summed E-state index contributed by atoms with van der Waals surface area (Å²) in [6, 6.07) is 3.48. The normalized spacial score (nSPS) is 16.9.